The molecule has 1 saturated carbocycles. The van der Waals surface area contributed by atoms with Gasteiger partial charge in [0.1, 0.15) is 5.54 Å². The molecule has 2 fully saturated rings. The Hall–Kier alpha value is -1.95. The first-order valence-corrected chi connectivity index (χ1v) is 11.1. The number of hydrogen-bond donors (Lipinski definition) is 1. The smallest absolute Gasteiger partial charge is 0.243 e. The Bertz CT molecular complexity index is 897. The van der Waals surface area contributed by atoms with Crippen LogP contribution in [0, 0.1) is 31.1 Å². The third-order valence-corrected chi connectivity index (χ3v) is 7.73. The number of benzene rings is 1. The second kappa shape index (κ2) is 7.82. The van der Waals surface area contributed by atoms with Crippen molar-refractivity contribution in [3.05, 3.63) is 29.3 Å². The van der Waals surface area contributed by atoms with Crippen molar-refractivity contribution in [3.63, 3.8) is 0 Å². The summed E-state index contributed by atoms with van der Waals surface area (Å²) >= 11 is 0. The molecule has 1 N–H and O–H groups in total. The quantitative estimate of drug-likeness (QED) is 0.774. The molecule has 0 unspecified atom stereocenters. The molecule has 0 bridgehead atoms. The zero-order valence-corrected chi connectivity index (χ0v) is 17.6. The van der Waals surface area contributed by atoms with Gasteiger partial charge in [0, 0.05) is 26.2 Å². The minimum Gasteiger partial charge on any atom is -0.337 e. The lowest BCUT2D eigenvalue weighted by Gasteiger charge is -2.34. The van der Waals surface area contributed by atoms with Crippen LogP contribution < -0.4 is 5.32 Å². The third kappa shape index (κ3) is 4.37. The summed E-state index contributed by atoms with van der Waals surface area (Å²) in [6.45, 7) is 7.32. The second-order valence-corrected chi connectivity index (χ2v) is 9.99. The van der Waals surface area contributed by atoms with Crippen LogP contribution in [-0.4, -0.2) is 61.8 Å². The van der Waals surface area contributed by atoms with E-state index in [9.17, 15) is 18.5 Å². The van der Waals surface area contributed by atoms with Crippen LogP contribution in [0.3, 0.4) is 0 Å². The number of carbonyl (C=O) groups is 1. The number of piperazine rings is 1. The van der Waals surface area contributed by atoms with Gasteiger partial charge in [0.25, 0.3) is 0 Å². The molecule has 152 valence electrons. The van der Waals surface area contributed by atoms with Crippen LogP contribution >= 0.6 is 0 Å². The fraction of sp³-hybridized carbons (Fsp3) is 0.600. The van der Waals surface area contributed by atoms with Crippen LogP contribution in [0.2, 0.25) is 0 Å². The number of carbonyl (C=O) groups excluding carboxylic acids is 1. The van der Waals surface area contributed by atoms with Gasteiger partial charge in [-0.2, -0.15) is 9.57 Å². The molecule has 0 radical (unpaired) electrons. The van der Waals surface area contributed by atoms with Gasteiger partial charge in [0.15, 0.2) is 0 Å². The van der Waals surface area contributed by atoms with Crippen molar-refractivity contribution in [2.45, 2.75) is 44.0 Å². The van der Waals surface area contributed by atoms with Gasteiger partial charge in [-0.05, 0) is 56.7 Å². The van der Waals surface area contributed by atoms with E-state index >= 15 is 0 Å². The molecule has 0 spiro atoms. The van der Waals surface area contributed by atoms with Gasteiger partial charge >= 0.3 is 0 Å². The van der Waals surface area contributed by atoms with E-state index in [1.54, 1.807) is 19.9 Å². The first kappa shape index (κ1) is 20.8. The fourth-order valence-corrected chi connectivity index (χ4v) is 5.40. The van der Waals surface area contributed by atoms with Gasteiger partial charge in [0.05, 0.1) is 17.5 Å². The van der Waals surface area contributed by atoms with Crippen molar-refractivity contribution < 1.29 is 13.2 Å². The molecule has 1 aliphatic heterocycles. The molecule has 1 aromatic rings. The molecule has 1 heterocycles. The molecule has 3 rings (SSSR count). The maximum atomic E-state index is 13.0. The van der Waals surface area contributed by atoms with Gasteiger partial charge in [0.2, 0.25) is 15.9 Å². The highest BCUT2D eigenvalue weighted by atomic mass is 32.2. The Labute approximate surface area is 167 Å². The van der Waals surface area contributed by atoms with Crippen molar-refractivity contribution in [2.75, 3.05) is 32.7 Å². The zero-order chi connectivity index (χ0) is 20.5. The molecule has 2 aliphatic rings. The maximum Gasteiger partial charge on any atom is 0.243 e. The summed E-state index contributed by atoms with van der Waals surface area (Å²) in [5.41, 5.74) is 0.851. The molecule has 7 nitrogen and oxygen atoms in total. The van der Waals surface area contributed by atoms with Crippen LogP contribution in [-0.2, 0) is 14.8 Å². The highest BCUT2D eigenvalue weighted by molar-refractivity contribution is 7.89. The summed E-state index contributed by atoms with van der Waals surface area (Å²) in [6.07, 6.45) is 1.94. The molecule has 0 aromatic heterocycles. The van der Waals surface area contributed by atoms with Crippen molar-refractivity contribution >= 4 is 15.9 Å². The van der Waals surface area contributed by atoms with Crippen molar-refractivity contribution in [1.29, 1.82) is 5.26 Å². The van der Waals surface area contributed by atoms with Crippen LogP contribution in [0.1, 0.15) is 30.9 Å². The molecule has 28 heavy (non-hydrogen) atoms. The molecule has 1 amide bonds. The Morgan fingerprint density at radius 2 is 1.89 bits per heavy atom. The Kier molecular flexibility index (Phi) is 5.80. The molecule has 1 aromatic carbocycles. The van der Waals surface area contributed by atoms with E-state index in [2.05, 4.69) is 11.4 Å². The zero-order valence-electron chi connectivity index (χ0n) is 16.7. The van der Waals surface area contributed by atoms with Crippen LogP contribution in [0.5, 0.6) is 0 Å². The minimum atomic E-state index is -3.54. The number of aryl methyl sites for hydroxylation is 2. The number of nitrogens with zero attached hydrogens (tertiary/aromatic N) is 3. The summed E-state index contributed by atoms with van der Waals surface area (Å²) in [4.78, 5) is 14.7. The lowest BCUT2D eigenvalue weighted by molar-refractivity contribution is -0.123. The number of rotatable bonds is 6. The Morgan fingerprint density at radius 3 is 2.46 bits per heavy atom. The predicted molar refractivity (Wildman–Crippen MR) is 106 cm³/mol. The minimum absolute atomic E-state index is 0.179. The van der Waals surface area contributed by atoms with E-state index in [0.717, 1.165) is 24.0 Å². The average molecular weight is 405 g/mol. The van der Waals surface area contributed by atoms with Gasteiger partial charge < -0.3 is 5.32 Å². The Morgan fingerprint density at radius 1 is 1.25 bits per heavy atom. The highest BCUT2D eigenvalue weighted by Crippen LogP contribution is 2.39. The van der Waals surface area contributed by atoms with E-state index in [-0.39, 0.29) is 18.4 Å². The van der Waals surface area contributed by atoms with E-state index in [4.69, 9.17) is 0 Å². The van der Waals surface area contributed by atoms with E-state index in [1.807, 2.05) is 24.0 Å². The SMILES string of the molecule is Cc1ccc(C)c(S(=O)(=O)N2CCN(CC(=O)N[C@](C)(C#N)C3CC3)CC2)c1. The normalized spacial score (nSPS) is 20.9. The molecule has 1 saturated heterocycles. The first-order valence-electron chi connectivity index (χ1n) is 9.68. The van der Waals surface area contributed by atoms with Gasteiger partial charge in [-0.3, -0.25) is 9.69 Å². The molecule has 1 atom stereocenters. The van der Waals surface area contributed by atoms with E-state index in [0.29, 0.717) is 31.1 Å². The summed E-state index contributed by atoms with van der Waals surface area (Å²) < 4.78 is 27.5. The standard InChI is InChI=1S/C20H28N4O3S/c1-15-4-5-16(2)18(12-15)28(26,27)24-10-8-23(9-11-24)13-19(25)22-20(3,14-21)17-6-7-17/h4-5,12,17H,6-11,13H2,1-3H3,(H,22,25)/t20-/m1/s1. The van der Waals surface area contributed by atoms with Crippen LogP contribution in [0.15, 0.2) is 23.1 Å². The summed E-state index contributed by atoms with van der Waals surface area (Å²) in [5, 5.41) is 12.2. The van der Waals surface area contributed by atoms with Crippen LogP contribution in [0.25, 0.3) is 0 Å². The second-order valence-electron chi connectivity index (χ2n) is 8.09. The number of hydrogen-bond acceptors (Lipinski definition) is 5. The summed E-state index contributed by atoms with van der Waals surface area (Å²) in [6, 6.07) is 7.67. The third-order valence-electron chi connectivity index (χ3n) is 5.69. The van der Waals surface area contributed by atoms with Crippen molar-refractivity contribution in [1.82, 2.24) is 14.5 Å². The van der Waals surface area contributed by atoms with E-state index in [1.165, 1.54) is 4.31 Å². The molecule has 1 aliphatic carbocycles. The van der Waals surface area contributed by atoms with Crippen molar-refractivity contribution in [2.24, 2.45) is 5.92 Å². The first-order chi connectivity index (χ1) is 13.2. The molecule has 8 heteroatoms. The lowest BCUT2D eigenvalue weighted by atomic mass is 9.98. The lowest BCUT2D eigenvalue weighted by Crippen LogP contribution is -2.54. The van der Waals surface area contributed by atoms with Crippen LogP contribution in [0.4, 0.5) is 0 Å². The highest BCUT2D eigenvalue weighted by Gasteiger charge is 2.43. The van der Waals surface area contributed by atoms with Crippen molar-refractivity contribution in [3.8, 4) is 6.07 Å². The monoisotopic (exact) mass is 404 g/mol. The number of sulfonamides is 1. The summed E-state index contributed by atoms with van der Waals surface area (Å²) in [5.74, 6) is 0.0581. The molecular weight excluding hydrogens is 376 g/mol. The van der Waals surface area contributed by atoms with Gasteiger partial charge in [-0.25, -0.2) is 8.42 Å². The maximum absolute atomic E-state index is 13.0. The van der Waals surface area contributed by atoms with Gasteiger partial charge in [-0.1, -0.05) is 12.1 Å². The average Bonchev–Trinajstić information content (AvgIpc) is 3.49. The summed E-state index contributed by atoms with van der Waals surface area (Å²) in [7, 11) is -3.54. The predicted octanol–water partition coefficient (Wildman–Crippen LogP) is 1.42. The number of amides is 1. The number of nitriles is 1. The number of nitrogens with one attached hydrogen (secondary N) is 1. The Balaban J connectivity index is 1.58. The fourth-order valence-electron chi connectivity index (χ4n) is 3.67. The van der Waals surface area contributed by atoms with Gasteiger partial charge in [-0.15, -0.1) is 0 Å². The molecular formula is C20H28N4O3S. The largest absolute Gasteiger partial charge is 0.337 e. The van der Waals surface area contributed by atoms with E-state index < -0.39 is 15.6 Å². The topological polar surface area (TPSA) is 93.5 Å².